The third-order valence-corrected chi connectivity index (χ3v) is 6.17. The summed E-state index contributed by atoms with van der Waals surface area (Å²) in [5, 5.41) is 3.19. The van der Waals surface area contributed by atoms with Crippen LogP contribution in [0.5, 0.6) is 0 Å². The van der Waals surface area contributed by atoms with Crippen molar-refractivity contribution in [1.29, 1.82) is 0 Å². The number of carbonyl (C=O) groups excluding carboxylic acids is 2. The van der Waals surface area contributed by atoms with E-state index in [9.17, 15) is 14.0 Å². The standard InChI is InChI=1S/C22H25BrClFN2O2S/c1-14(2)26-22(29)15(3)27(11-16-6-4-7-17(23)10-16)21(28)13-30-12-18-19(24)8-5-9-20(18)25/h4-10,14-15H,11-13H2,1-3H3,(H,26,29). The van der Waals surface area contributed by atoms with Gasteiger partial charge in [0, 0.05) is 33.4 Å². The van der Waals surface area contributed by atoms with E-state index in [2.05, 4.69) is 21.2 Å². The molecule has 162 valence electrons. The molecule has 1 unspecified atom stereocenters. The summed E-state index contributed by atoms with van der Waals surface area (Å²) in [7, 11) is 0. The molecule has 0 aliphatic rings. The van der Waals surface area contributed by atoms with Crippen LogP contribution in [0.1, 0.15) is 31.9 Å². The Kier molecular flexibility index (Phi) is 9.65. The molecular formula is C22H25BrClFN2O2S. The Balaban J connectivity index is 2.11. The summed E-state index contributed by atoms with van der Waals surface area (Å²) in [6.45, 7) is 5.76. The molecule has 1 N–H and O–H groups in total. The number of hydrogen-bond donors (Lipinski definition) is 1. The van der Waals surface area contributed by atoms with Crippen molar-refractivity contribution in [1.82, 2.24) is 10.2 Å². The molecule has 2 aromatic rings. The van der Waals surface area contributed by atoms with Crippen LogP contribution >= 0.6 is 39.3 Å². The SMILES string of the molecule is CC(C)NC(=O)C(C)N(Cc1cccc(Br)c1)C(=O)CSCc1c(F)cccc1Cl. The maximum absolute atomic E-state index is 14.0. The van der Waals surface area contributed by atoms with Gasteiger partial charge in [-0.05, 0) is 50.6 Å². The highest BCUT2D eigenvalue weighted by Gasteiger charge is 2.26. The summed E-state index contributed by atoms with van der Waals surface area (Å²) in [6, 6.07) is 11.5. The van der Waals surface area contributed by atoms with Gasteiger partial charge in [-0.2, -0.15) is 0 Å². The lowest BCUT2D eigenvalue weighted by Gasteiger charge is -2.29. The first-order valence-corrected chi connectivity index (χ1v) is 11.9. The first-order valence-electron chi connectivity index (χ1n) is 9.54. The second-order valence-corrected chi connectivity index (χ2v) is 9.49. The van der Waals surface area contributed by atoms with Crippen LogP contribution in [-0.2, 0) is 21.9 Å². The molecule has 2 aromatic carbocycles. The number of nitrogens with zero attached hydrogens (tertiary/aromatic N) is 1. The molecular weight excluding hydrogens is 491 g/mol. The van der Waals surface area contributed by atoms with Gasteiger partial charge >= 0.3 is 0 Å². The van der Waals surface area contributed by atoms with Crippen molar-refractivity contribution in [3.05, 3.63) is 68.9 Å². The van der Waals surface area contributed by atoms with Gasteiger partial charge in [0.1, 0.15) is 11.9 Å². The van der Waals surface area contributed by atoms with Crippen LogP contribution in [0.3, 0.4) is 0 Å². The zero-order valence-corrected chi connectivity index (χ0v) is 20.3. The first-order chi connectivity index (χ1) is 14.2. The third kappa shape index (κ3) is 7.29. The molecule has 0 aromatic heterocycles. The molecule has 8 heteroatoms. The highest BCUT2D eigenvalue weighted by Crippen LogP contribution is 2.24. The molecule has 0 saturated heterocycles. The quantitative estimate of drug-likeness (QED) is 0.485. The predicted octanol–water partition coefficient (Wildman–Crippen LogP) is 5.42. The van der Waals surface area contributed by atoms with Crippen LogP contribution in [0.15, 0.2) is 46.9 Å². The summed E-state index contributed by atoms with van der Waals surface area (Å²) in [6.07, 6.45) is 0. The highest BCUT2D eigenvalue weighted by atomic mass is 79.9. The maximum Gasteiger partial charge on any atom is 0.242 e. The number of carbonyl (C=O) groups is 2. The predicted molar refractivity (Wildman–Crippen MR) is 125 cm³/mol. The van der Waals surface area contributed by atoms with Crippen LogP contribution in [0.4, 0.5) is 4.39 Å². The molecule has 0 saturated carbocycles. The van der Waals surface area contributed by atoms with E-state index in [1.165, 1.54) is 17.8 Å². The number of amides is 2. The van der Waals surface area contributed by atoms with Crippen molar-refractivity contribution < 1.29 is 14.0 Å². The average molecular weight is 516 g/mol. The molecule has 30 heavy (non-hydrogen) atoms. The summed E-state index contributed by atoms with van der Waals surface area (Å²) >= 11 is 10.8. The van der Waals surface area contributed by atoms with Gasteiger partial charge in [-0.3, -0.25) is 9.59 Å². The minimum absolute atomic E-state index is 0.0275. The lowest BCUT2D eigenvalue weighted by Crippen LogP contribution is -2.49. The summed E-state index contributed by atoms with van der Waals surface area (Å²) in [4.78, 5) is 27.1. The Hall–Kier alpha value is -1.57. The smallest absolute Gasteiger partial charge is 0.242 e. The second-order valence-electron chi connectivity index (χ2n) is 7.18. The molecule has 0 heterocycles. The third-order valence-electron chi connectivity index (χ3n) is 4.37. The summed E-state index contributed by atoms with van der Waals surface area (Å²) < 4.78 is 14.9. The van der Waals surface area contributed by atoms with Gasteiger partial charge in [-0.25, -0.2) is 4.39 Å². The van der Waals surface area contributed by atoms with Crippen molar-refractivity contribution >= 4 is 51.1 Å². The van der Waals surface area contributed by atoms with Crippen molar-refractivity contribution in [2.75, 3.05) is 5.75 Å². The Morgan fingerprint density at radius 3 is 2.53 bits per heavy atom. The molecule has 0 radical (unpaired) electrons. The minimum atomic E-state index is -0.642. The van der Waals surface area contributed by atoms with Crippen molar-refractivity contribution in [3.63, 3.8) is 0 Å². The first kappa shape index (κ1) is 24.7. The fraction of sp³-hybridized carbons (Fsp3) is 0.364. The second kappa shape index (κ2) is 11.7. The zero-order chi connectivity index (χ0) is 22.3. The van der Waals surface area contributed by atoms with E-state index < -0.39 is 11.9 Å². The highest BCUT2D eigenvalue weighted by molar-refractivity contribution is 9.10. The Morgan fingerprint density at radius 1 is 1.20 bits per heavy atom. The summed E-state index contributed by atoms with van der Waals surface area (Å²) in [5.41, 5.74) is 1.28. The van der Waals surface area contributed by atoms with E-state index in [0.29, 0.717) is 17.1 Å². The Labute approximate surface area is 194 Å². The van der Waals surface area contributed by atoms with E-state index in [-0.39, 0.29) is 29.4 Å². The van der Waals surface area contributed by atoms with Gasteiger partial charge < -0.3 is 10.2 Å². The van der Waals surface area contributed by atoms with E-state index in [4.69, 9.17) is 11.6 Å². The van der Waals surface area contributed by atoms with E-state index in [0.717, 1.165) is 10.0 Å². The molecule has 0 spiro atoms. The van der Waals surface area contributed by atoms with Crippen LogP contribution in [0, 0.1) is 5.82 Å². The normalized spacial score (nSPS) is 12.0. The fourth-order valence-corrected chi connectivity index (χ4v) is 4.51. The Morgan fingerprint density at radius 2 is 1.90 bits per heavy atom. The number of rotatable bonds is 9. The molecule has 2 rings (SSSR count). The van der Waals surface area contributed by atoms with Gasteiger partial charge in [0.25, 0.3) is 0 Å². The molecule has 0 bridgehead atoms. The van der Waals surface area contributed by atoms with Crippen LogP contribution in [-0.4, -0.2) is 34.6 Å². The van der Waals surface area contributed by atoms with E-state index in [1.807, 2.05) is 38.1 Å². The maximum atomic E-state index is 14.0. The lowest BCUT2D eigenvalue weighted by atomic mass is 10.1. The van der Waals surface area contributed by atoms with Crippen LogP contribution in [0.25, 0.3) is 0 Å². The number of thioether (sulfide) groups is 1. The number of halogens is 3. The number of benzene rings is 2. The molecule has 0 aliphatic carbocycles. The van der Waals surface area contributed by atoms with Crippen molar-refractivity contribution in [2.45, 2.75) is 45.2 Å². The van der Waals surface area contributed by atoms with Gasteiger partial charge in [0.2, 0.25) is 11.8 Å². The van der Waals surface area contributed by atoms with E-state index in [1.54, 1.807) is 24.0 Å². The lowest BCUT2D eigenvalue weighted by molar-refractivity contribution is -0.138. The van der Waals surface area contributed by atoms with Gasteiger partial charge in [0.05, 0.1) is 5.75 Å². The molecule has 1 atom stereocenters. The molecule has 2 amide bonds. The monoisotopic (exact) mass is 514 g/mol. The molecule has 4 nitrogen and oxygen atoms in total. The number of nitrogens with one attached hydrogen (secondary N) is 1. The van der Waals surface area contributed by atoms with Crippen LogP contribution < -0.4 is 5.32 Å². The van der Waals surface area contributed by atoms with Gasteiger partial charge in [0.15, 0.2) is 0 Å². The fourth-order valence-electron chi connectivity index (χ4n) is 2.81. The topological polar surface area (TPSA) is 49.4 Å². The zero-order valence-electron chi connectivity index (χ0n) is 17.1. The van der Waals surface area contributed by atoms with E-state index >= 15 is 0 Å². The average Bonchev–Trinajstić information content (AvgIpc) is 2.67. The van der Waals surface area contributed by atoms with Gasteiger partial charge in [-0.1, -0.05) is 45.7 Å². The van der Waals surface area contributed by atoms with Crippen molar-refractivity contribution in [2.24, 2.45) is 0 Å². The Bertz CT molecular complexity index is 877. The molecule has 0 fully saturated rings. The summed E-state index contributed by atoms with van der Waals surface area (Å²) in [5.74, 6) is -0.417. The largest absolute Gasteiger partial charge is 0.352 e. The number of hydrogen-bond acceptors (Lipinski definition) is 3. The van der Waals surface area contributed by atoms with Gasteiger partial charge in [-0.15, -0.1) is 11.8 Å². The minimum Gasteiger partial charge on any atom is -0.352 e. The van der Waals surface area contributed by atoms with Crippen molar-refractivity contribution in [3.8, 4) is 0 Å². The van der Waals surface area contributed by atoms with Crippen LogP contribution in [0.2, 0.25) is 5.02 Å². The molecule has 0 aliphatic heterocycles.